The molecule has 0 radical (unpaired) electrons. The first-order valence-electron chi connectivity index (χ1n) is 5.04. The highest BCUT2D eigenvalue weighted by Crippen LogP contribution is 2.27. The van der Waals surface area contributed by atoms with Gasteiger partial charge >= 0.3 is 0 Å². The van der Waals surface area contributed by atoms with Gasteiger partial charge in [0, 0.05) is 13.6 Å². The Morgan fingerprint density at radius 1 is 1.43 bits per heavy atom. The number of anilines is 2. The summed E-state index contributed by atoms with van der Waals surface area (Å²) in [7, 11) is 2.05. The molecule has 0 atom stereocenters. The number of nitrogen functional groups attached to an aromatic ring is 1. The first-order valence-corrected chi connectivity index (χ1v) is 5.04. The van der Waals surface area contributed by atoms with E-state index in [9.17, 15) is 0 Å². The van der Waals surface area contributed by atoms with Crippen LogP contribution in [0.25, 0.3) is 0 Å². The SMILES string of the molecule is CN(CC1CCC1)c1cnc(N)cn1. The van der Waals surface area contributed by atoms with Gasteiger partial charge < -0.3 is 10.6 Å². The van der Waals surface area contributed by atoms with Gasteiger partial charge in [0.2, 0.25) is 0 Å². The predicted molar refractivity (Wildman–Crippen MR) is 57.1 cm³/mol. The summed E-state index contributed by atoms with van der Waals surface area (Å²) in [4.78, 5) is 10.4. The molecule has 1 fully saturated rings. The summed E-state index contributed by atoms with van der Waals surface area (Å²) in [5.41, 5.74) is 5.47. The highest BCUT2D eigenvalue weighted by atomic mass is 15.2. The Hall–Kier alpha value is -1.32. The molecule has 76 valence electrons. The van der Waals surface area contributed by atoms with Crippen LogP contribution in [0.15, 0.2) is 12.4 Å². The molecule has 0 aliphatic heterocycles. The maximum Gasteiger partial charge on any atom is 0.146 e. The van der Waals surface area contributed by atoms with Crippen molar-refractivity contribution in [1.29, 1.82) is 0 Å². The van der Waals surface area contributed by atoms with Crippen LogP contribution >= 0.6 is 0 Å². The third kappa shape index (κ3) is 1.95. The largest absolute Gasteiger partial charge is 0.382 e. The van der Waals surface area contributed by atoms with E-state index in [4.69, 9.17) is 5.73 Å². The zero-order valence-electron chi connectivity index (χ0n) is 8.48. The molecule has 2 N–H and O–H groups in total. The van der Waals surface area contributed by atoms with Crippen molar-refractivity contribution < 1.29 is 0 Å². The van der Waals surface area contributed by atoms with Crippen LogP contribution in [-0.4, -0.2) is 23.6 Å². The second-order valence-corrected chi connectivity index (χ2v) is 3.98. The molecule has 4 nitrogen and oxygen atoms in total. The van der Waals surface area contributed by atoms with Gasteiger partial charge in [-0.05, 0) is 18.8 Å². The van der Waals surface area contributed by atoms with E-state index >= 15 is 0 Å². The number of nitrogens with zero attached hydrogens (tertiary/aromatic N) is 3. The number of rotatable bonds is 3. The molecule has 1 aromatic rings. The van der Waals surface area contributed by atoms with Gasteiger partial charge in [0.05, 0.1) is 12.4 Å². The Morgan fingerprint density at radius 3 is 2.71 bits per heavy atom. The molecule has 0 bridgehead atoms. The lowest BCUT2D eigenvalue weighted by atomic mass is 9.85. The zero-order chi connectivity index (χ0) is 9.97. The van der Waals surface area contributed by atoms with Gasteiger partial charge in [-0.1, -0.05) is 6.42 Å². The summed E-state index contributed by atoms with van der Waals surface area (Å²) in [6, 6.07) is 0. The number of hydrogen-bond donors (Lipinski definition) is 1. The van der Waals surface area contributed by atoms with E-state index in [0.29, 0.717) is 5.82 Å². The summed E-state index contributed by atoms with van der Waals surface area (Å²) in [6.07, 6.45) is 7.42. The first kappa shape index (κ1) is 9.24. The molecule has 0 saturated heterocycles. The molecule has 0 amide bonds. The van der Waals surface area contributed by atoms with Crippen LogP contribution in [0.4, 0.5) is 11.6 Å². The van der Waals surface area contributed by atoms with Crippen LogP contribution in [-0.2, 0) is 0 Å². The third-order valence-corrected chi connectivity index (χ3v) is 2.81. The Bertz CT molecular complexity index is 291. The smallest absolute Gasteiger partial charge is 0.146 e. The molecule has 4 heteroatoms. The van der Waals surface area contributed by atoms with Gasteiger partial charge in [-0.3, -0.25) is 0 Å². The molecule has 1 aliphatic rings. The monoisotopic (exact) mass is 192 g/mol. The lowest BCUT2D eigenvalue weighted by Crippen LogP contribution is -2.29. The fourth-order valence-corrected chi connectivity index (χ4v) is 1.68. The van der Waals surface area contributed by atoms with Gasteiger partial charge in [-0.25, -0.2) is 9.97 Å². The van der Waals surface area contributed by atoms with Crippen molar-refractivity contribution in [2.75, 3.05) is 24.2 Å². The number of nitrogens with two attached hydrogens (primary N) is 1. The van der Waals surface area contributed by atoms with Gasteiger partial charge in [0.25, 0.3) is 0 Å². The molecule has 1 heterocycles. The summed E-state index contributed by atoms with van der Waals surface area (Å²) >= 11 is 0. The average Bonchev–Trinajstić information content (AvgIpc) is 2.12. The van der Waals surface area contributed by atoms with Crippen LogP contribution in [0.1, 0.15) is 19.3 Å². The quantitative estimate of drug-likeness (QED) is 0.784. The molecule has 2 rings (SSSR count). The highest BCUT2D eigenvalue weighted by molar-refractivity contribution is 5.38. The Morgan fingerprint density at radius 2 is 2.21 bits per heavy atom. The van der Waals surface area contributed by atoms with E-state index in [2.05, 4.69) is 21.9 Å². The van der Waals surface area contributed by atoms with E-state index in [-0.39, 0.29) is 0 Å². The fraction of sp³-hybridized carbons (Fsp3) is 0.600. The van der Waals surface area contributed by atoms with E-state index in [1.807, 2.05) is 0 Å². The molecule has 1 saturated carbocycles. The standard InChI is InChI=1S/C10H16N4/c1-14(7-8-3-2-4-8)10-6-12-9(11)5-13-10/h5-6,8H,2-4,7H2,1H3,(H2,11,12). The van der Waals surface area contributed by atoms with Crippen molar-refractivity contribution in [2.24, 2.45) is 5.92 Å². The molecule has 14 heavy (non-hydrogen) atoms. The van der Waals surface area contributed by atoms with E-state index in [1.165, 1.54) is 19.3 Å². The van der Waals surface area contributed by atoms with Crippen molar-refractivity contribution in [3.8, 4) is 0 Å². The number of aromatic nitrogens is 2. The lowest BCUT2D eigenvalue weighted by Gasteiger charge is -2.30. The number of hydrogen-bond acceptors (Lipinski definition) is 4. The van der Waals surface area contributed by atoms with Gasteiger partial charge in [0.15, 0.2) is 0 Å². The fourth-order valence-electron chi connectivity index (χ4n) is 1.68. The van der Waals surface area contributed by atoms with Crippen molar-refractivity contribution >= 4 is 11.6 Å². The molecule has 1 aliphatic carbocycles. The van der Waals surface area contributed by atoms with Crippen LogP contribution in [0.3, 0.4) is 0 Å². The topological polar surface area (TPSA) is 55.0 Å². The Balaban J connectivity index is 1.95. The minimum absolute atomic E-state index is 0.478. The van der Waals surface area contributed by atoms with Crippen molar-refractivity contribution in [3.63, 3.8) is 0 Å². The van der Waals surface area contributed by atoms with E-state index in [1.54, 1.807) is 12.4 Å². The van der Waals surface area contributed by atoms with Gasteiger partial charge in [-0.2, -0.15) is 0 Å². The van der Waals surface area contributed by atoms with Crippen LogP contribution in [0.2, 0.25) is 0 Å². The Labute approximate surface area is 84.2 Å². The highest BCUT2D eigenvalue weighted by Gasteiger charge is 2.19. The molecule has 1 aromatic heterocycles. The molecule has 0 spiro atoms. The third-order valence-electron chi connectivity index (χ3n) is 2.81. The molecular formula is C10H16N4. The summed E-state index contributed by atoms with van der Waals surface area (Å²) in [6.45, 7) is 1.08. The average molecular weight is 192 g/mol. The normalized spacial score (nSPS) is 16.4. The van der Waals surface area contributed by atoms with Crippen molar-refractivity contribution in [3.05, 3.63) is 12.4 Å². The van der Waals surface area contributed by atoms with Gasteiger partial charge in [-0.15, -0.1) is 0 Å². The molecule has 0 aromatic carbocycles. The summed E-state index contributed by atoms with van der Waals surface area (Å²) in [5, 5.41) is 0. The summed E-state index contributed by atoms with van der Waals surface area (Å²) in [5.74, 6) is 2.23. The second kappa shape index (κ2) is 3.82. The molecular weight excluding hydrogens is 176 g/mol. The predicted octanol–water partition coefficient (Wildman–Crippen LogP) is 1.30. The van der Waals surface area contributed by atoms with E-state index in [0.717, 1.165) is 18.3 Å². The minimum Gasteiger partial charge on any atom is -0.382 e. The van der Waals surface area contributed by atoms with Crippen LogP contribution in [0.5, 0.6) is 0 Å². The van der Waals surface area contributed by atoms with E-state index < -0.39 is 0 Å². The van der Waals surface area contributed by atoms with Crippen molar-refractivity contribution in [2.45, 2.75) is 19.3 Å². The maximum atomic E-state index is 5.47. The maximum absolute atomic E-state index is 5.47. The van der Waals surface area contributed by atoms with Crippen LogP contribution < -0.4 is 10.6 Å². The van der Waals surface area contributed by atoms with Crippen LogP contribution in [0, 0.1) is 5.92 Å². The Kier molecular flexibility index (Phi) is 2.52. The molecule has 0 unspecified atom stereocenters. The summed E-state index contributed by atoms with van der Waals surface area (Å²) < 4.78 is 0. The second-order valence-electron chi connectivity index (χ2n) is 3.98. The lowest BCUT2D eigenvalue weighted by molar-refractivity contribution is 0.321. The minimum atomic E-state index is 0.478. The van der Waals surface area contributed by atoms with Gasteiger partial charge in [0.1, 0.15) is 11.6 Å². The van der Waals surface area contributed by atoms with Crippen molar-refractivity contribution in [1.82, 2.24) is 9.97 Å². The first-order chi connectivity index (χ1) is 6.75. The zero-order valence-corrected chi connectivity index (χ0v) is 8.48.